The summed E-state index contributed by atoms with van der Waals surface area (Å²) in [5.74, 6) is 0. The molecular formula is C15H21N3. The Morgan fingerprint density at radius 1 is 1.50 bits per heavy atom. The number of piperidine rings is 1. The van der Waals surface area contributed by atoms with E-state index in [0.29, 0.717) is 0 Å². The molecule has 3 nitrogen and oxygen atoms in total. The van der Waals surface area contributed by atoms with Gasteiger partial charge in [0.15, 0.2) is 0 Å². The molecule has 1 unspecified atom stereocenters. The molecular weight excluding hydrogens is 222 g/mol. The summed E-state index contributed by atoms with van der Waals surface area (Å²) in [4.78, 5) is 0. The number of nitriles is 1. The Labute approximate surface area is 109 Å². The molecule has 1 aliphatic rings. The van der Waals surface area contributed by atoms with Gasteiger partial charge in [-0.1, -0.05) is 13.0 Å². The summed E-state index contributed by atoms with van der Waals surface area (Å²) < 4.78 is 0. The minimum atomic E-state index is 0.286. The van der Waals surface area contributed by atoms with Crippen LogP contribution in [0.25, 0.3) is 0 Å². The van der Waals surface area contributed by atoms with Crippen molar-refractivity contribution in [1.29, 1.82) is 5.26 Å². The van der Waals surface area contributed by atoms with Crippen molar-refractivity contribution in [2.75, 3.05) is 25.0 Å². The van der Waals surface area contributed by atoms with Crippen LogP contribution in [-0.4, -0.2) is 19.6 Å². The predicted octanol–water partition coefficient (Wildman–Crippen LogP) is 2.67. The summed E-state index contributed by atoms with van der Waals surface area (Å²) in [6.45, 7) is 7.44. The van der Waals surface area contributed by atoms with Gasteiger partial charge in [-0.15, -0.1) is 0 Å². The zero-order valence-electron chi connectivity index (χ0n) is 11.2. The Bertz CT molecular complexity index is 453. The molecule has 0 saturated carbocycles. The summed E-state index contributed by atoms with van der Waals surface area (Å²) in [5.41, 5.74) is 3.16. The molecule has 0 radical (unpaired) electrons. The second-order valence-electron chi connectivity index (χ2n) is 5.61. The highest BCUT2D eigenvalue weighted by Gasteiger charge is 2.26. The molecule has 2 rings (SSSR count). The first-order chi connectivity index (χ1) is 8.63. The van der Waals surface area contributed by atoms with E-state index in [1.165, 1.54) is 18.4 Å². The largest absolute Gasteiger partial charge is 0.383 e. The maximum atomic E-state index is 9.11. The van der Waals surface area contributed by atoms with E-state index < -0.39 is 0 Å². The molecule has 1 aliphatic heterocycles. The fourth-order valence-electron chi connectivity index (χ4n) is 2.48. The maximum Gasteiger partial charge on any atom is 0.101 e. The normalized spacial score (nSPS) is 23.4. The second kappa shape index (κ2) is 5.41. The Morgan fingerprint density at radius 2 is 2.33 bits per heavy atom. The fourth-order valence-corrected chi connectivity index (χ4v) is 2.48. The minimum Gasteiger partial charge on any atom is -0.383 e. The highest BCUT2D eigenvalue weighted by Crippen LogP contribution is 2.27. The topological polar surface area (TPSA) is 47.9 Å². The Hall–Kier alpha value is -1.53. The molecule has 0 bridgehead atoms. The van der Waals surface area contributed by atoms with Crippen LogP contribution in [0.4, 0.5) is 5.69 Å². The number of nitrogens with zero attached hydrogens (tertiary/aromatic N) is 1. The first kappa shape index (κ1) is 12.9. The standard InChI is InChI=1S/C15H21N3/c1-12-4-5-13(9-16)14(8-12)18-11-15(2)6-3-7-17-10-15/h4-5,8,17-18H,3,6-7,10-11H2,1-2H3. The average molecular weight is 243 g/mol. The fraction of sp³-hybridized carbons (Fsp3) is 0.533. The summed E-state index contributed by atoms with van der Waals surface area (Å²) in [6, 6.07) is 8.17. The van der Waals surface area contributed by atoms with Gasteiger partial charge in [0.25, 0.3) is 0 Å². The molecule has 96 valence electrons. The molecule has 0 aliphatic carbocycles. The van der Waals surface area contributed by atoms with Gasteiger partial charge in [0.2, 0.25) is 0 Å². The Balaban J connectivity index is 2.05. The van der Waals surface area contributed by atoms with E-state index in [0.717, 1.165) is 30.9 Å². The van der Waals surface area contributed by atoms with Crippen molar-refractivity contribution in [3.63, 3.8) is 0 Å². The van der Waals surface area contributed by atoms with Gasteiger partial charge in [0.1, 0.15) is 6.07 Å². The van der Waals surface area contributed by atoms with Gasteiger partial charge < -0.3 is 10.6 Å². The highest BCUT2D eigenvalue weighted by molar-refractivity contribution is 5.58. The Kier molecular flexibility index (Phi) is 3.88. The first-order valence-electron chi connectivity index (χ1n) is 6.58. The van der Waals surface area contributed by atoms with E-state index in [4.69, 9.17) is 5.26 Å². The lowest BCUT2D eigenvalue weighted by atomic mass is 9.82. The average Bonchev–Trinajstić information content (AvgIpc) is 2.38. The van der Waals surface area contributed by atoms with Crippen LogP contribution in [0.15, 0.2) is 18.2 Å². The van der Waals surface area contributed by atoms with E-state index in [-0.39, 0.29) is 5.41 Å². The van der Waals surface area contributed by atoms with Gasteiger partial charge in [0, 0.05) is 13.1 Å². The minimum absolute atomic E-state index is 0.286. The van der Waals surface area contributed by atoms with Crippen molar-refractivity contribution < 1.29 is 0 Å². The lowest BCUT2D eigenvalue weighted by Crippen LogP contribution is -2.42. The van der Waals surface area contributed by atoms with E-state index in [9.17, 15) is 0 Å². The molecule has 0 amide bonds. The van der Waals surface area contributed by atoms with Crippen LogP contribution in [0, 0.1) is 23.7 Å². The predicted molar refractivity (Wildman–Crippen MR) is 74.6 cm³/mol. The quantitative estimate of drug-likeness (QED) is 0.858. The number of anilines is 1. The Morgan fingerprint density at radius 3 is 3.00 bits per heavy atom. The molecule has 1 fully saturated rings. The molecule has 2 N–H and O–H groups in total. The van der Waals surface area contributed by atoms with Crippen molar-refractivity contribution in [3.8, 4) is 6.07 Å². The van der Waals surface area contributed by atoms with Crippen LogP contribution in [0.2, 0.25) is 0 Å². The molecule has 1 saturated heterocycles. The van der Waals surface area contributed by atoms with Crippen molar-refractivity contribution >= 4 is 5.69 Å². The van der Waals surface area contributed by atoms with E-state index >= 15 is 0 Å². The molecule has 1 heterocycles. The third-order valence-electron chi connectivity index (χ3n) is 3.69. The maximum absolute atomic E-state index is 9.11. The highest BCUT2D eigenvalue weighted by atomic mass is 14.9. The van der Waals surface area contributed by atoms with Crippen LogP contribution >= 0.6 is 0 Å². The molecule has 1 aromatic carbocycles. The molecule has 1 aromatic rings. The molecule has 0 spiro atoms. The first-order valence-corrected chi connectivity index (χ1v) is 6.58. The smallest absolute Gasteiger partial charge is 0.101 e. The zero-order chi connectivity index (χ0) is 13.0. The molecule has 1 atom stereocenters. The van der Waals surface area contributed by atoms with Crippen LogP contribution in [0.1, 0.15) is 30.9 Å². The van der Waals surface area contributed by atoms with Crippen molar-refractivity contribution in [2.24, 2.45) is 5.41 Å². The number of nitrogens with one attached hydrogen (secondary N) is 2. The van der Waals surface area contributed by atoms with Crippen LogP contribution in [0.5, 0.6) is 0 Å². The lowest BCUT2D eigenvalue weighted by Gasteiger charge is -2.34. The van der Waals surface area contributed by atoms with Gasteiger partial charge >= 0.3 is 0 Å². The number of hydrogen-bond donors (Lipinski definition) is 2. The second-order valence-corrected chi connectivity index (χ2v) is 5.61. The zero-order valence-corrected chi connectivity index (χ0v) is 11.2. The summed E-state index contributed by atoms with van der Waals surface area (Å²) >= 11 is 0. The van der Waals surface area contributed by atoms with Gasteiger partial charge in [0.05, 0.1) is 11.3 Å². The summed E-state index contributed by atoms with van der Waals surface area (Å²) in [7, 11) is 0. The van der Waals surface area contributed by atoms with E-state index in [1.54, 1.807) is 0 Å². The lowest BCUT2D eigenvalue weighted by molar-refractivity contribution is 0.253. The number of rotatable bonds is 3. The van der Waals surface area contributed by atoms with Crippen molar-refractivity contribution in [1.82, 2.24) is 5.32 Å². The van der Waals surface area contributed by atoms with Gasteiger partial charge in [-0.3, -0.25) is 0 Å². The number of hydrogen-bond acceptors (Lipinski definition) is 3. The SMILES string of the molecule is Cc1ccc(C#N)c(NCC2(C)CCCNC2)c1. The summed E-state index contributed by atoms with van der Waals surface area (Å²) in [6.07, 6.45) is 2.47. The third kappa shape index (κ3) is 3.02. The molecule has 0 aromatic heterocycles. The van der Waals surface area contributed by atoms with Crippen LogP contribution < -0.4 is 10.6 Å². The van der Waals surface area contributed by atoms with Crippen molar-refractivity contribution in [3.05, 3.63) is 29.3 Å². The van der Waals surface area contributed by atoms with Gasteiger partial charge in [-0.05, 0) is 49.4 Å². The van der Waals surface area contributed by atoms with E-state index in [2.05, 4.69) is 36.6 Å². The van der Waals surface area contributed by atoms with Gasteiger partial charge in [-0.25, -0.2) is 0 Å². The number of aryl methyl sites for hydroxylation is 1. The van der Waals surface area contributed by atoms with E-state index in [1.807, 2.05) is 12.1 Å². The number of benzene rings is 1. The van der Waals surface area contributed by atoms with Gasteiger partial charge in [-0.2, -0.15) is 5.26 Å². The van der Waals surface area contributed by atoms with Crippen LogP contribution in [-0.2, 0) is 0 Å². The summed E-state index contributed by atoms with van der Waals surface area (Å²) in [5, 5.41) is 16.0. The molecule has 3 heteroatoms. The third-order valence-corrected chi connectivity index (χ3v) is 3.69. The monoisotopic (exact) mass is 243 g/mol. The molecule has 18 heavy (non-hydrogen) atoms. The van der Waals surface area contributed by atoms with Crippen molar-refractivity contribution in [2.45, 2.75) is 26.7 Å². The van der Waals surface area contributed by atoms with Crippen LogP contribution in [0.3, 0.4) is 0 Å².